The number of carbonyl (C=O) groups is 2. The first kappa shape index (κ1) is 16.0. The summed E-state index contributed by atoms with van der Waals surface area (Å²) in [5.41, 5.74) is 0.435. The summed E-state index contributed by atoms with van der Waals surface area (Å²) in [5, 5.41) is 3.37. The summed E-state index contributed by atoms with van der Waals surface area (Å²) in [7, 11) is 0. The first-order chi connectivity index (χ1) is 10.8. The quantitative estimate of drug-likeness (QED) is 0.847. The lowest BCUT2D eigenvalue weighted by Gasteiger charge is -2.20. The summed E-state index contributed by atoms with van der Waals surface area (Å²) in [6.07, 6.45) is 0. The number of amides is 1. The largest absolute Gasteiger partial charge is 0.456 e. The molecule has 0 spiro atoms. The highest BCUT2D eigenvalue weighted by Crippen LogP contribution is 2.27. The van der Waals surface area contributed by atoms with E-state index in [9.17, 15) is 9.59 Å². The molecule has 0 aliphatic carbocycles. The van der Waals surface area contributed by atoms with Crippen LogP contribution in [0.5, 0.6) is 0 Å². The summed E-state index contributed by atoms with van der Waals surface area (Å²) in [5.74, 6) is 0.737. The van der Waals surface area contributed by atoms with Crippen LogP contribution in [0.15, 0.2) is 24.3 Å². The number of fused-ring (bicyclic) bond motifs is 1. The van der Waals surface area contributed by atoms with Crippen molar-refractivity contribution in [2.24, 2.45) is 11.8 Å². The van der Waals surface area contributed by atoms with Gasteiger partial charge in [-0.25, -0.2) is 4.79 Å². The molecule has 5 nitrogen and oxygen atoms in total. The van der Waals surface area contributed by atoms with Gasteiger partial charge in [0.25, 0.3) is 5.91 Å². The maximum absolute atomic E-state index is 12.7. The number of hydrogen-bond donors (Lipinski definition) is 1. The molecule has 124 valence electrons. The van der Waals surface area contributed by atoms with Crippen molar-refractivity contribution in [2.45, 2.75) is 26.4 Å². The fourth-order valence-electron chi connectivity index (χ4n) is 3.32. The van der Waals surface area contributed by atoms with Crippen LogP contribution in [-0.4, -0.2) is 48.6 Å². The number of benzene rings is 1. The number of carbonyl (C=O) groups excluding carboxylic acids is 2. The van der Waals surface area contributed by atoms with Crippen LogP contribution >= 0.6 is 0 Å². The van der Waals surface area contributed by atoms with Gasteiger partial charge in [0.15, 0.2) is 0 Å². The van der Waals surface area contributed by atoms with E-state index < -0.39 is 11.6 Å². The topological polar surface area (TPSA) is 58.6 Å². The Labute approximate surface area is 137 Å². The number of nitrogens with zero attached hydrogens (tertiary/aromatic N) is 1. The minimum atomic E-state index is -0.545. The van der Waals surface area contributed by atoms with Gasteiger partial charge >= 0.3 is 5.97 Å². The second-order valence-corrected chi connectivity index (χ2v) is 7.47. The van der Waals surface area contributed by atoms with Crippen LogP contribution < -0.4 is 5.32 Å². The molecule has 0 bridgehead atoms. The zero-order valence-corrected chi connectivity index (χ0v) is 14.0. The van der Waals surface area contributed by atoms with Crippen molar-refractivity contribution in [1.29, 1.82) is 0 Å². The molecule has 1 N–H and O–H groups in total. The normalized spacial score (nSPS) is 23.7. The Morgan fingerprint density at radius 2 is 1.74 bits per heavy atom. The molecular weight excluding hydrogens is 292 g/mol. The molecule has 2 saturated heterocycles. The van der Waals surface area contributed by atoms with Gasteiger partial charge in [-0.2, -0.15) is 0 Å². The zero-order valence-electron chi connectivity index (χ0n) is 14.0. The Bertz CT molecular complexity index is 609. The summed E-state index contributed by atoms with van der Waals surface area (Å²) >= 11 is 0. The van der Waals surface area contributed by atoms with Crippen molar-refractivity contribution in [1.82, 2.24) is 10.2 Å². The third kappa shape index (κ3) is 3.55. The van der Waals surface area contributed by atoms with Gasteiger partial charge in [-0.1, -0.05) is 6.07 Å². The van der Waals surface area contributed by atoms with Crippen LogP contribution in [0.3, 0.4) is 0 Å². The van der Waals surface area contributed by atoms with E-state index in [1.54, 1.807) is 24.3 Å². The summed E-state index contributed by atoms with van der Waals surface area (Å²) in [6, 6.07) is 6.84. The van der Waals surface area contributed by atoms with Crippen LogP contribution in [-0.2, 0) is 4.74 Å². The van der Waals surface area contributed by atoms with E-state index in [0.29, 0.717) is 23.0 Å². The summed E-state index contributed by atoms with van der Waals surface area (Å²) < 4.78 is 5.37. The second-order valence-electron chi connectivity index (χ2n) is 7.47. The molecular formula is C18H24N2O3. The number of nitrogens with one attached hydrogen (secondary N) is 1. The van der Waals surface area contributed by atoms with Crippen molar-refractivity contribution in [2.75, 3.05) is 26.2 Å². The van der Waals surface area contributed by atoms with Crippen molar-refractivity contribution in [3.63, 3.8) is 0 Å². The van der Waals surface area contributed by atoms with E-state index in [2.05, 4.69) is 5.32 Å². The number of rotatable bonds is 2. The molecule has 2 aliphatic rings. The SMILES string of the molecule is CC(C)(C)OC(=O)c1cccc(C(=O)N2CC3CNCC3C2)c1. The molecule has 2 fully saturated rings. The first-order valence-corrected chi connectivity index (χ1v) is 8.17. The number of ether oxygens (including phenoxy) is 1. The fraction of sp³-hybridized carbons (Fsp3) is 0.556. The second kappa shape index (κ2) is 5.96. The fourth-order valence-corrected chi connectivity index (χ4v) is 3.32. The predicted molar refractivity (Wildman–Crippen MR) is 87.4 cm³/mol. The van der Waals surface area contributed by atoms with Gasteiger partial charge in [-0.05, 0) is 50.8 Å². The molecule has 2 atom stereocenters. The standard InChI is InChI=1S/C18H24N2O3/c1-18(2,3)23-17(22)13-6-4-5-12(7-13)16(21)20-10-14-8-19-9-15(14)11-20/h4-7,14-15,19H,8-11H2,1-3H3. The Balaban J connectivity index is 1.72. The molecule has 2 unspecified atom stereocenters. The highest BCUT2D eigenvalue weighted by molar-refractivity contribution is 5.98. The van der Waals surface area contributed by atoms with Gasteiger partial charge in [-0.3, -0.25) is 4.79 Å². The Kier molecular flexibility index (Phi) is 4.15. The van der Waals surface area contributed by atoms with Gasteiger partial charge in [0.1, 0.15) is 5.60 Å². The van der Waals surface area contributed by atoms with Crippen molar-refractivity contribution >= 4 is 11.9 Å². The highest BCUT2D eigenvalue weighted by Gasteiger charge is 2.38. The molecule has 3 rings (SSSR count). The average molecular weight is 316 g/mol. The van der Waals surface area contributed by atoms with Gasteiger partial charge in [0.05, 0.1) is 5.56 Å². The molecule has 2 heterocycles. The number of hydrogen-bond acceptors (Lipinski definition) is 4. The molecule has 1 aromatic carbocycles. The average Bonchev–Trinajstić information content (AvgIpc) is 3.06. The van der Waals surface area contributed by atoms with Crippen LogP contribution in [0.2, 0.25) is 0 Å². The third-order valence-corrected chi connectivity index (χ3v) is 4.42. The lowest BCUT2D eigenvalue weighted by Crippen LogP contribution is -2.32. The van der Waals surface area contributed by atoms with Gasteiger partial charge in [-0.15, -0.1) is 0 Å². The van der Waals surface area contributed by atoms with E-state index >= 15 is 0 Å². The number of likely N-dealkylation sites (tertiary alicyclic amines) is 1. The Hall–Kier alpha value is -1.88. The van der Waals surface area contributed by atoms with Crippen LogP contribution in [0.4, 0.5) is 0 Å². The summed E-state index contributed by atoms with van der Waals surface area (Å²) in [6.45, 7) is 9.07. The molecule has 0 aromatic heterocycles. The first-order valence-electron chi connectivity index (χ1n) is 8.17. The molecule has 0 radical (unpaired) electrons. The maximum Gasteiger partial charge on any atom is 0.338 e. The lowest BCUT2D eigenvalue weighted by molar-refractivity contribution is 0.00695. The molecule has 1 amide bonds. The van der Waals surface area contributed by atoms with Crippen molar-refractivity contribution < 1.29 is 14.3 Å². The smallest absolute Gasteiger partial charge is 0.338 e. The van der Waals surface area contributed by atoms with Gasteiger partial charge in [0, 0.05) is 31.7 Å². The third-order valence-electron chi connectivity index (χ3n) is 4.42. The predicted octanol–water partition coefficient (Wildman–Crippen LogP) is 1.93. The van der Waals surface area contributed by atoms with Crippen molar-refractivity contribution in [3.8, 4) is 0 Å². The molecule has 5 heteroatoms. The monoisotopic (exact) mass is 316 g/mol. The van der Waals surface area contributed by atoms with E-state index in [1.807, 2.05) is 25.7 Å². The molecule has 23 heavy (non-hydrogen) atoms. The van der Waals surface area contributed by atoms with Crippen molar-refractivity contribution in [3.05, 3.63) is 35.4 Å². The van der Waals surface area contributed by atoms with E-state index in [0.717, 1.165) is 26.2 Å². The van der Waals surface area contributed by atoms with Gasteiger partial charge in [0.2, 0.25) is 0 Å². The van der Waals surface area contributed by atoms with E-state index in [-0.39, 0.29) is 5.91 Å². The van der Waals surface area contributed by atoms with Crippen LogP contribution in [0, 0.1) is 11.8 Å². The molecule has 0 saturated carbocycles. The minimum Gasteiger partial charge on any atom is -0.456 e. The van der Waals surface area contributed by atoms with E-state index in [1.165, 1.54) is 0 Å². The highest BCUT2D eigenvalue weighted by atomic mass is 16.6. The lowest BCUT2D eigenvalue weighted by atomic mass is 10.0. The van der Waals surface area contributed by atoms with E-state index in [4.69, 9.17) is 4.74 Å². The minimum absolute atomic E-state index is 0.00445. The van der Waals surface area contributed by atoms with Crippen LogP contribution in [0.25, 0.3) is 0 Å². The molecule has 1 aromatic rings. The molecule has 2 aliphatic heterocycles. The number of esters is 1. The Morgan fingerprint density at radius 3 is 2.35 bits per heavy atom. The zero-order chi connectivity index (χ0) is 16.6. The Morgan fingerprint density at radius 1 is 1.13 bits per heavy atom. The maximum atomic E-state index is 12.7. The summed E-state index contributed by atoms with van der Waals surface area (Å²) in [4.78, 5) is 26.8. The van der Waals surface area contributed by atoms with Crippen LogP contribution in [0.1, 0.15) is 41.5 Å². The van der Waals surface area contributed by atoms with Gasteiger partial charge < -0.3 is 15.0 Å².